The van der Waals surface area contributed by atoms with Crippen molar-refractivity contribution in [1.29, 1.82) is 0 Å². The Hall–Kier alpha value is -0.910. The number of carbonyl (C=O) groups is 1. The number of amides is 1. The van der Waals surface area contributed by atoms with E-state index in [1.807, 2.05) is 0 Å². The molecule has 0 bridgehead atoms. The summed E-state index contributed by atoms with van der Waals surface area (Å²) in [5.41, 5.74) is -0.604. The van der Waals surface area contributed by atoms with E-state index >= 15 is 0 Å². The van der Waals surface area contributed by atoms with Crippen molar-refractivity contribution in [2.45, 2.75) is 45.9 Å². The zero-order valence-electron chi connectivity index (χ0n) is 9.34. The molecule has 0 aliphatic carbocycles. The van der Waals surface area contributed by atoms with Crippen LogP contribution in [-0.2, 0) is 9.47 Å². The SMILES string of the molecule is CC(COC(F)F)NC(=O)OC(C)(C)C. The lowest BCUT2D eigenvalue weighted by Crippen LogP contribution is -2.40. The number of hydrogen-bond acceptors (Lipinski definition) is 3. The van der Waals surface area contributed by atoms with Gasteiger partial charge in [-0.3, -0.25) is 0 Å². The molecular weight excluding hydrogens is 208 g/mol. The standard InChI is InChI=1S/C9H17F2NO3/c1-6(5-14-7(10)11)12-8(13)15-9(2,3)4/h6-7H,5H2,1-4H3,(H,12,13). The largest absolute Gasteiger partial charge is 0.444 e. The number of rotatable bonds is 4. The van der Waals surface area contributed by atoms with E-state index in [4.69, 9.17) is 4.74 Å². The fourth-order valence-electron chi connectivity index (χ4n) is 0.767. The van der Waals surface area contributed by atoms with Crippen LogP contribution in [0.1, 0.15) is 27.7 Å². The number of carbonyl (C=O) groups excluding carboxylic acids is 1. The van der Waals surface area contributed by atoms with E-state index in [1.54, 1.807) is 27.7 Å². The molecule has 0 heterocycles. The molecule has 0 saturated heterocycles. The fraction of sp³-hybridized carbons (Fsp3) is 0.889. The topological polar surface area (TPSA) is 47.6 Å². The van der Waals surface area contributed by atoms with E-state index < -0.39 is 24.3 Å². The number of alkyl halides is 2. The molecule has 6 heteroatoms. The first-order valence-electron chi connectivity index (χ1n) is 4.60. The van der Waals surface area contributed by atoms with E-state index in [-0.39, 0.29) is 6.61 Å². The van der Waals surface area contributed by atoms with Crippen LogP contribution in [0.3, 0.4) is 0 Å². The van der Waals surface area contributed by atoms with Crippen LogP contribution < -0.4 is 5.32 Å². The van der Waals surface area contributed by atoms with Gasteiger partial charge in [0.2, 0.25) is 0 Å². The van der Waals surface area contributed by atoms with E-state index in [0.29, 0.717) is 0 Å². The third kappa shape index (κ3) is 9.40. The minimum absolute atomic E-state index is 0.253. The van der Waals surface area contributed by atoms with Gasteiger partial charge >= 0.3 is 12.7 Å². The summed E-state index contributed by atoms with van der Waals surface area (Å²) in [6.45, 7) is 3.61. The summed E-state index contributed by atoms with van der Waals surface area (Å²) in [7, 11) is 0. The highest BCUT2D eigenvalue weighted by atomic mass is 19.3. The number of halogens is 2. The first-order chi connectivity index (χ1) is 6.70. The fourth-order valence-corrected chi connectivity index (χ4v) is 0.767. The van der Waals surface area contributed by atoms with Gasteiger partial charge in [-0.15, -0.1) is 0 Å². The van der Waals surface area contributed by atoms with Crippen molar-refractivity contribution >= 4 is 6.09 Å². The summed E-state index contributed by atoms with van der Waals surface area (Å²) in [5.74, 6) is 0. The van der Waals surface area contributed by atoms with Gasteiger partial charge in [-0.05, 0) is 27.7 Å². The molecule has 0 fully saturated rings. The molecule has 0 aromatic heterocycles. The Bertz CT molecular complexity index is 204. The molecule has 1 atom stereocenters. The quantitative estimate of drug-likeness (QED) is 0.797. The van der Waals surface area contributed by atoms with Crippen molar-refractivity contribution in [2.24, 2.45) is 0 Å². The number of ether oxygens (including phenoxy) is 2. The van der Waals surface area contributed by atoms with Crippen LogP contribution in [0.15, 0.2) is 0 Å². The molecule has 0 aromatic carbocycles. The molecular formula is C9H17F2NO3. The lowest BCUT2D eigenvalue weighted by atomic mass is 10.2. The van der Waals surface area contributed by atoms with Crippen LogP contribution in [0.25, 0.3) is 0 Å². The van der Waals surface area contributed by atoms with Gasteiger partial charge in [0.25, 0.3) is 0 Å². The van der Waals surface area contributed by atoms with Crippen molar-refractivity contribution in [3.8, 4) is 0 Å². The highest BCUT2D eigenvalue weighted by Gasteiger charge is 2.18. The van der Waals surface area contributed by atoms with Crippen LogP contribution in [0.4, 0.5) is 13.6 Å². The first-order valence-corrected chi connectivity index (χ1v) is 4.60. The summed E-state index contributed by atoms with van der Waals surface area (Å²) in [5, 5.41) is 2.37. The van der Waals surface area contributed by atoms with Gasteiger partial charge in [0.1, 0.15) is 5.60 Å². The molecule has 0 spiro atoms. The summed E-state index contributed by atoms with van der Waals surface area (Å²) in [4.78, 5) is 11.1. The Balaban J connectivity index is 3.77. The zero-order chi connectivity index (χ0) is 12.1. The number of hydrogen-bond donors (Lipinski definition) is 1. The maximum absolute atomic E-state index is 11.6. The van der Waals surface area contributed by atoms with Crippen molar-refractivity contribution in [1.82, 2.24) is 5.32 Å². The second-order valence-electron chi connectivity index (χ2n) is 4.14. The molecule has 0 aromatic rings. The highest BCUT2D eigenvalue weighted by molar-refractivity contribution is 5.68. The van der Waals surface area contributed by atoms with E-state index in [9.17, 15) is 13.6 Å². The maximum atomic E-state index is 11.6. The molecule has 0 saturated carbocycles. The first kappa shape index (κ1) is 14.1. The summed E-state index contributed by atoms with van der Waals surface area (Å²) in [6.07, 6.45) is -0.645. The Labute approximate surface area is 87.9 Å². The number of alkyl carbamates (subject to hydrolysis) is 1. The number of nitrogens with one attached hydrogen (secondary N) is 1. The Morgan fingerprint density at radius 3 is 2.33 bits per heavy atom. The third-order valence-corrected chi connectivity index (χ3v) is 1.24. The van der Waals surface area contributed by atoms with Crippen molar-refractivity contribution < 1.29 is 23.0 Å². The van der Waals surface area contributed by atoms with Crippen LogP contribution in [0, 0.1) is 0 Å². The second-order valence-corrected chi connectivity index (χ2v) is 4.14. The molecule has 0 aliphatic rings. The Morgan fingerprint density at radius 1 is 1.40 bits per heavy atom. The van der Waals surface area contributed by atoms with Crippen molar-refractivity contribution in [2.75, 3.05) is 6.61 Å². The van der Waals surface area contributed by atoms with Crippen LogP contribution >= 0.6 is 0 Å². The van der Waals surface area contributed by atoms with Crippen molar-refractivity contribution in [3.05, 3.63) is 0 Å². The van der Waals surface area contributed by atoms with Crippen LogP contribution in [-0.4, -0.2) is 31.0 Å². The molecule has 0 rings (SSSR count). The van der Waals surface area contributed by atoms with Gasteiger partial charge in [0.05, 0.1) is 12.6 Å². The van der Waals surface area contributed by atoms with E-state index in [2.05, 4.69) is 10.1 Å². The average Bonchev–Trinajstić information content (AvgIpc) is 1.96. The van der Waals surface area contributed by atoms with Gasteiger partial charge in [-0.1, -0.05) is 0 Å². The molecule has 4 nitrogen and oxygen atoms in total. The molecule has 90 valence electrons. The molecule has 0 radical (unpaired) electrons. The Kier molecular flexibility index (Phi) is 5.49. The Morgan fingerprint density at radius 2 is 1.93 bits per heavy atom. The molecule has 1 N–H and O–H groups in total. The maximum Gasteiger partial charge on any atom is 0.407 e. The van der Waals surface area contributed by atoms with Gasteiger partial charge < -0.3 is 14.8 Å². The zero-order valence-corrected chi connectivity index (χ0v) is 9.34. The van der Waals surface area contributed by atoms with Gasteiger partial charge in [0.15, 0.2) is 0 Å². The highest BCUT2D eigenvalue weighted by Crippen LogP contribution is 2.06. The summed E-state index contributed by atoms with van der Waals surface area (Å²) < 4.78 is 32.2. The predicted molar refractivity (Wildman–Crippen MR) is 50.8 cm³/mol. The minimum Gasteiger partial charge on any atom is -0.444 e. The smallest absolute Gasteiger partial charge is 0.407 e. The predicted octanol–water partition coefficient (Wildman–Crippen LogP) is 2.14. The lowest BCUT2D eigenvalue weighted by Gasteiger charge is -2.21. The summed E-state index contributed by atoms with van der Waals surface area (Å²) in [6, 6.07) is -0.520. The molecule has 0 aliphatic heterocycles. The molecule has 15 heavy (non-hydrogen) atoms. The van der Waals surface area contributed by atoms with Gasteiger partial charge in [-0.25, -0.2) is 4.79 Å². The molecule has 1 unspecified atom stereocenters. The average molecular weight is 225 g/mol. The summed E-state index contributed by atoms with van der Waals surface area (Å²) >= 11 is 0. The minimum atomic E-state index is -2.83. The monoisotopic (exact) mass is 225 g/mol. The lowest BCUT2D eigenvalue weighted by molar-refractivity contribution is -0.132. The van der Waals surface area contributed by atoms with Crippen LogP contribution in [0.2, 0.25) is 0 Å². The second kappa shape index (κ2) is 5.85. The third-order valence-electron chi connectivity index (χ3n) is 1.24. The van der Waals surface area contributed by atoms with Gasteiger partial charge in [0, 0.05) is 0 Å². The van der Waals surface area contributed by atoms with Gasteiger partial charge in [-0.2, -0.15) is 8.78 Å². The normalized spacial score (nSPS) is 13.8. The van der Waals surface area contributed by atoms with Crippen molar-refractivity contribution in [3.63, 3.8) is 0 Å². The molecule has 1 amide bonds. The van der Waals surface area contributed by atoms with E-state index in [1.165, 1.54) is 0 Å². The van der Waals surface area contributed by atoms with E-state index in [0.717, 1.165) is 0 Å². The van der Waals surface area contributed by atoms with Crippen LogP contribution in [0.5, 0.6) is 0 Å².